The van der Waals surface area contributed by atoms with Gasteiger partial charge in [-0.1, -0.05) is 48.0 Å². The predicted octanol–water partition coefficient (Wildman–Crippen LogP) is 4.59. The average Bonchev–Trinajstić information content (AvgIpc) is 3.13. The van der Waals surface area contributed by atoms with Crippen LogP contribution in [0.1, 0.15) is 12.5 Å². The van der Waals surface area contributed by atoms with Crippen LogP contribution in [-0.4, -0.2) is 51.6 Å². The van der Waals surface area contributed by atoms with Crippen molar-refractivity contribution in [1.29, 1.82) is 0 Å². The molecule has 1 aliphatic rings. The first-order chi connectivity index (χ1) is 14.8. The Morgan fingerprint density at radius 2 is 1.84 bits per heavy atom. The maximum absolute atomic E-state index is 13.6. The molecule has 168 valence electrons. The van der Waals surface area contributed by atoms with Crippen LogP contribution in [0.5, 0.6) is 0 Å². The molecule has 0 amide bonds. The molecule has 0 aliphatic carbocycles. The van der Waals surface area contributed by atoms with Gasteiger partial charge in [-0.3, -0.25) is 0 Å². The molecule has 0 N–H and O–H groups in total. The first-order valence-electron chi connectivity index (χ1n) is 10.3. The Kier molecular flexibility index (Phi) is 8.36. The van der Waals surface area contributed by atoms with Crippen LogP contribution < -0.4 is 0 Å². The minimum absolute atomic E-state index is 0.0626. The normalized spacial score (nSPS) is 22.0. The lowest BCUT2D eigenvalue weighted by molar-refractivity contribution is -0.0449. The molecule has 0 saturated carbocycles. The Labute approximate surface area is 190 Å². The second kappa shape index (κ2) is 10.8. The third-order valence-electron chi connectivity index (χ3n) is 5.69. The number of methoxy groups -OCH3 is 1. The minimum atomic E-state index is -3.66. The Hall–Kier alpha value is -1.64. The van der Waals surface area contributed by atoms with E-state index in [0.29, 0.717) is 11.4 Å². The summed E-state index contributed by atoms with van der Waals surface area (Å²) in [5.41, 5.74) is 2.02. The summed E-state index contributed by atoms with van der Waals surface area (Å²) in [6.07, 6.45) is 0. The largest absolute Gasteiger partial charge is 0.359 e. The molecule has 0 aromatic heterocycles. The zero-order chi connectivity index (χ0) is 22.4. The zero-order valence-electron chi connectivity index (χ0n) is 18.4. The van der Waals surface area contributed by atoms with Crippen molar-refractivity contribution in [3.63, 3.8) is 0 Å². The van der Waals surface area contributed by atoms with Crippen molar-refractivity contribution < 1.29 is 17.9 Å². The molecule has 3 rings (SSSR count). The molecule has 2 aromatic carbocycles. The molecule has 0 radical (unpaired) electrons. The van der Waals surface area contributed by atoms with Crippen molar-refractivity contribution in [3.8, 4) is 0 Å². The van der Waals surface area contributed by atoms with Gasteiger partial charge in [-0.15, -0.1) is 11.8 Å². The molecule has 7 heteroatoms. The molecule has 3 atom stereocenters. The molecule has 1 heterocycles. The van der Waals surface area contributed by atoms with E-state index in [2.05, 4.69) is 18.7 Å². The van der Waals surface area contributed by atoms with Crippen LogP contribution in [0.2, 0.25) is 0 Å². The molecule has 31 heavy (non-hydrogen) atoms. The molecule has 2 aromatic rings. The fourth-order valence-electron chi connectivity index (χ4n) is 3.98. The number of thioether (sulfide) groups is 1. The standard InChI is InChI=1S/C24H31NO4S2/c1-18(2)22-14-25(31(26,27)21-12-10-19(3)11-13-21)24(15-29-17-28-4)23(22)16-30-20-8-6-5-7-9-20/h5-13,22-24H,1,14-17H2,2-4H3/t22-,23-,24+/m0/s1. The van der Waals surface area contributed by atoms with Gasteiger partial charge in [-0.05, 0) is 49.9 Å². The summed E-state index contributed by atoms with van der Waals surface area (Å²) in [6.45, 7) is 8.93. The summed E-state index contributed by atoms with van der Waals surface area (Å²) in [5.74, 6) is 0.926. The minimum Gasteiger partial charge on any atom is -0.359 e. The van der Waals surface area contributed by atoms with Crippen LogP contribution in [0, 0.1) is 18.8 Å². The quantitative estimate of drug-likeness (QED) is 0.224. The van der Waals surface area contributed by atoms with Gasteiger partial charge in [0.1, 0.15) is 6.79 Å². The Balaban J connectivity index is 1.91. The van der Waals surface area contributed by atoms with E-state index in [9.17, 15) is 8.42 Å². The zero-order valence-corrected chi connectivity index (χ0v) is 20.0. The fourth-order valence-corrected chi connectivity index (χ4v) is 6.86. The highest BCUT2D eigenvalue weighted by Gasteiger charge is 2.47. The summed E-state index contributed by atoms with van der Waals surface area (Å²) in [7, 11) is -2.10. The van der Waals surface area contributed by atoms with Crippen molar-refractivity contribution in [2.24, 2.45) is 11.8 Å². The molecule has 0 unspecified atom stereocenters. The molecule has 0 spiro atoms. The van der Waals surface area contributed by atoms with Crippen LogP contribution in [0.3, 0.4) is 0 Å². The number of hydrogen-bond donors (Lipinski definition) is 0. The van der Waals surface area contributed by atoms with Crippen LogP contribution in [-0.2, 0) is 19.5 Å². The molecule has 1 fully saturated rings. The summed E-state index contributed by atoms with van der Waals surface area (Å²) >= 11 is 1.74. The average molecular weight is 462 g/mol. The topological polar surface area (TPSA) is 55.8 Å². The summed E-state index contributed by atoms with van der Waals surface area (Å²) in [5, 5.41) is 0. The van der Waals surface area contributed by atoms with Gasteiger partial charge in [0.15, 0.2) is 0 Å². The smallest absolute Gasteiger partial charge is 0.243 e. The lowest BCUT2D eigenvalue weighted by Gasteiger charge is -2.28. The highest BCUT2D eigenvalue weighted by molar-refractivity contribution is 7.99. The van der Waals surface area contributed by atoms with E-state index in [1.807, 2.05) is 44.2 Å². The van der Waals surface area contributed by atoms with E-state index in [0.717, 1.165) is 16.9 Å². The molecule has 5 nitrogen and oxygen atoms in total. The molecular weight excluding hydrogens is 430 g/mol. The van der Waals surface area contributed by atoms with Crippen LogP contribution in [0.4, 0.5) is 0 Å². The molecule has 1 saturated heterocycles. The fraction of sp³-hybridized carbons (Fsp3) is 0.417. The number of nitrogens with zero attached hydrogens (tertiary/aromatic N) is 1. The SMILES string of the molecule is C=C(C)[C@@H]1CN(S(=O)(=O)c2ccc(C)cc2)[C@H](COCOC)[C@H]1CSc1ccccc1. The van der Waals surface area contributed by atoms with E-state index < -0.39 is 10.0 Å². The molecular formula is C24H31NO4S2. The maximum Gasteiger partial charge on any atom is 0.243 e. The number of rotatable bonds is 10. The van der Waals surface area contributed by atoms with Gasteiger partial charge in [-0.2, -0.15) is 4.31 Å². The van der Waals surface area contributed by atoms with Crippen LogP contribution in [0.15, 0.2) is 76.5 Å². The Morgan fingerprint density at radius 3 is 2.45 bits per heavy atom. The summed E-state index contributed by atoms with van der Waals surface area (Å²) in [6, 6.07) is 16.9. The summed E-state index contributed by atoms with van der Waals surface area (Å²) in [4.78, 5) is 1.48. The van der Waals surface area contributed by atoms with E-state index in [-0.39, 0.29) is 31.3 Å². The van der Waals surface area contributed by atoms with Gasteiger partial charge < -0.3 is 9.47 Å². The highest BCUT2D eigenvalue weighted by atomic mass is 32.2. The van der Waals surface area contributed by atoms with Crippen LogP contribution in [0.25, 0.3) is 0 Å². The van der Waals surface area contributed by atoms with Crippen LogP contribution >= 0.6 is 11.8 Å². The second-order valence-corrected chi connectivity index (χ2v) is 11.0. The lowest BCUT2D eigenvalue weighted by Crippen LogP contribution is -2.41. The number of benzene rings is 2. The highest BCUT2D eigenvalue weighted by Crippen LogP contribution is 2.40. The third kappa shape index (κ3) is 5.79. The van der Waals surface area contributed by atoms with Crippen molar-refractivity contribution >= 4 is 21.8 Å². The van der Waals surface area contributed by atoms with E-state index in [1.165, 1.54) is 4.90 Å². The van der Waals surface area contributed by atoms with Gasteiger partial charge in [0.05, 0.1) is 17.5 Å². The lowest BCUT2D eigenvalue weighted by atomic mass is 9.88. The van der Waals surface area contributed by atoms with Gasteiger partial charge in [0, 0.05) is 24.3 Å². The predicted molar refractivity (Wildman–Crippen MR) is 126 cm³/mol. The number of hydrogen-bond acceptors (Lipinski definition) is 5. The van der Waals surface area contributed by atoms with Crippen molar-refractivity contribution in [3.05, 3.63) is 72.3 Å². The monoisotopic (exact) mass is 461 g/mol. The first kappa shape index (κ1) is 24.0. The van der Waals surface area contributed by atoms with Gasteiger partial charge in [0.25, 0.3) is 0 Å². The van der Waals surface area contributed by atoms with E-state index >= 15 is 0 Å². The Bertz CT molecular complexity index is 961. The van der Waals surface area contributed by atoms with Crippen molar-refractivity contribution in [1.82, 2.24) is 4.31 Å². The molecule has 1 aliphatic heterocycles. The number of sulfonamides is 1. The van der Waals surface area contributed by atoms with E-state index in [4.69, 9.17) is 9.47 Å². The van der Waals surface area contributed by atoms with E-state index in [1.54, 1.807) is 35.3 Å². The number of ether oxygens (including phenoxy) is 2. The number of aryl methyl sites for hydroxylation is 1. The summed E-state index contributed by atoms with van der Waals surface area (Å²) < 4.78 is 39.5. The van der Waals surface area contributed by atoms with Gasteiger partial charge in [-0.25, -0.2) is 8.42 Å². The molecule has 0 bridgehead atoms. The van der Waals surface area contributed by atoms with Gasteiger partial charge >= 0.3 is 0 Å². The maximum atomic E-state index is 13.6. The van der Waals surface area contributed by atoms with Crippen molar-refractivity contribution in [2.45, 2.75) is 29.7 Å². The second-order valence-electron chi connectivity index (χ2n) is 7.97. The van der Waals surface area contributed by atoms with Gasteiger partial charge in [0.2, 0.25) is 10.0 Å². The first-order valence-corrected chi connectivity index (χ1v) is 12.8. The Morgan fingerprint density at radius 1 is 1.16 bits per heavy atom. The van der Waals surface area contributed by atoms with Crippen molar-refractivity contribution in [2.75, 3.05) is 32.8 Å². The third-order valence-corrected chi connectivity index (χ3v) is 8.76.